The Bertz CT molecular complexity index is 639. The van der Waals surface area contributed by atoms with Gasteiger partial charge in [0, 0.05) is 23.2 Å². The molecule has 0 saturated carbocycles. The molecule has 1 aromatic rings. The summed E-state index contributed by atoms with van der Waals surface area (Å²) in [4.78, 5) is 37.6. The number of anilines is 1. The number of hydrogen-bond acceptors (Lipinski definition) is 4. The van der Waals surface area contributed by atoms with Crippen LogP contribution in [0.25, 0.3) is 0 Å². The summed E-state index contributed by atoms with van der Waals surface area (Å²) in [5.41, 5.74) is 1.48. The topological polar surface area (TPSA) is 75.7 Å². The van der Waals surface area contributed by atoms with Crippen molar-refractivity contribution < 1.29 is 19.1 Å². The zero-order valence-corrected chi connectivity index (χ0v) is 15.4. The van der Waals surface area contributed by atoms with E-state index in [2.05, 4.69) is 21.2 Å². The highest BCUT2D eigenvalue weighted by Gasteiger charge is 2.30. The standard InChI is InChI=1S/C17H21BrN2O4/c1-3-24-17(23)12-6-8-20(9-7-12)16(22)15(21)19-14-5-4-13(18)10-11(14)2/h4-5,10,12H,3,6-9H2,1-2H3,(H,19,21). The third kappa shape index (κ3) is 4.56. The van der Waals surface area contributed by atoms with Crippen molar-refractivity contribution in [1.29, 1.82) is 0 Å². The second-order valence-electron chi connectivity index (χ2n) is 5.73. The van der Waals surface area contributed by atoms with E-state index in [9.17, 15) is 14.4 Å². The molecule has 0 spiro atoms. The maximum Gasteiger partial charge on any atom is 0.313 e. The van der Waals surface area contributed by atoms with Gasteiger partial charge < -0.3 is 15.0 Å². The Balaban J connectivity index is 1.90. The number of likely N-dealkylation sites (tertiary alicyclic amines) is 1. The number of esters is 1. The van der Waals surface area contributed by atoms with Crippen LogP contribution >= 0.6 is 15.9 Å². The van der Waals surface area contributed by atoms with E-state index < -0.39 is 11.8 Å². The molecule has 2 rings (SSSR count). The Labute approximate surface area is 149 Å². The average molecular weight is 397 g/mol. The molecule has 0 aromatic heterocycles. The molecule has 24 heavy (non-hydrogen) atoms. The van der Waals surface area contributed by atoms with Gasteiger partial charge in [-0.2, -0.15) is 0 Å². The number of benzene rings is 1. The third-order valence-corrected chi connectivity index (χ3v) is 4.53. The molecule has 1 aromatic carbocycles. The molecule has 0 radical (unpaired) electrons. The number of ether oxygens (including phenoxy) is 1. The molecule has 130 valence electrons. The van der Waals surface area contributed by atoms with Crippen molar-refractivity contribution >= 4 is 39.4 Å². The first-order valence-electron chi connectivity index (χ1n) is 7.95. The fourth-order valence-corrected chi connectivity index (χ4v) is 3.14. The van der Waals surface area contributed by atoms with E-state index in [-0.39, 0.29) is 11.9 Å². The molecule has 0 bridgehead atoms. The van der Waals surface area contributed by atoms with Crippen molar-refractivity contribution in [3.63, 3.8) is 0 Å². The van der Waals surface area contributed by atoms with Gasteiger partial charge in [0.1, 0.15) is 0 Å². The fraction of sp³-hybridized carbons (Fsp3) is 0.471. The summed E-state index contributed by atoms with van der Waals surface area (Å²) in [7, 11) is 0. The van der Waals surface area contributed by atoms with Gasteiger partial charge in [-0.1, -0.05) is 15.9 Å². The number of nitrogens with zero attached hydrogens (tertiary/aromatic N) is 1. The van der Waals surface area contributed by atoms with Crippen LogP contribution in [-0.2, 0) is 19.1 Å². The summed E-state index contributed by atoms with van der Waals surface area (Å²) in [6.45, 7) is 4.75. The van der Waals surface area contributed by atoms with Gasteiger partial charge >= 0.3 is 17.8 Å². The van der Waals surface area contributed by atoms with Gasteiger partial charge in [-0.15, -0.1) is 0 Å². The van der Waals surface area contributed by atoms with Gasteiger partial charge in [-0.3, -0.25) is 14.4 Å². The number of aryl methyl sites for hydroxylation is 1. The zero-order valence-electron chi connectivity index (χ0n) is 13.8. The van der Waals surface area contributed by atoms with Crippen LogP contribution in [0.5, 0.6) is 0 Å². The minimum Gasteiger partial charge on any atom is -0.466 e. The smallest absolute Gasteiger partial charge is 0.313 e. The first kappa shape index (κ1) is 18.4. The Kier molecular flexibility index (Phi) is 6.36. The van der Waals surface area contributed by atoms with Crippen LogP contribution < -0.4 is 5.32 Å². The lowest BCUT2D eigenvalue weighted by atomic mass is 9.97. The van der Waals surface area contributed by atoms with Gasteiger partial charge in [0.25, 0.3) is 0 Å². The number of halogens is 1. The summed E-state index contributed by atoms with van der Waals surface area (Å²) in [5, 5.41) is 2.65. The molecular formula is C17H21BrN2O4. The van der Waals surface area contributed by atoms with Gasteiger partial charge in [0.2, 0.25) is 0 Å². The van der Waals surface area contributed by atoms with Crippen molar-refractivity contribution in [2.24, 2.45) is 5.92 Å². The molecule has 1 fully saturated rings. The Morgan fingerprint density at radius 3 is 2.54 bits per heavy atom. The molecule has 1 heterocycles. The largest absolute Gasteiger partial charge is 0.466 e. The molecule has 0 atom stereocenters. The number of hydrogen-bond donors (Lipinski definition) is 1. The summed E-state index contributed by atoms with van der Waals surface area (Å²) < 4.78 is 5.91. The van der Waals surface area contributed by atoms with Crippen molar-refractivity contribution in [3.8, 4) is 0 Å². The first-order valence-corrected chi connectivity index (χ1v) is 8.74. The maximum atomic E-state index is 12.3. The highest BCUT2D eigenvalue weighted by Crippen LogP contribution is 2.21. The average Bonchev–Trinajstić information content (AvgIpc) is 2.57. The molecule has 0 aliphatic carbocycles. The Hall–Kier alpha value is -1.89. The number of carbonyl (C=O) groups is 3. The normalized spacial score (nSPS) is 15.0. The van der Waals surface area contributed by atoms with Crippen molar-refractivity contribution in [3.05, 3.63) is 28.2 Å². The zero-order chi connectivity index (χ0) is 17.7. The van der Waals surface area contributed by atoms with Crippen LogP contribution in [0, 0.1) is 12.8 Å². The van der Waals surface area contributed by atoms with Crippen LogP contribution in [0.4, 0.5) is 5.69 Å². The number of rotatable bonds is 3. The van der Waals surface area contributed by atoms with E-state index in [1.807, 2.05) is 13.0 Å². The van der Waals surface area contributed by atoms with Crippen LogP contribution in [0.3, 0.4) is 0 Å². The van der Waals surface area contributed by atoms with Crippen molar-refractivity contribution in [1.82, 2.24) is 4.90 Å². The van der Waals surface area contributed by atoms with E-state index in [0.717, 1.165) is 10.0 Å². The van der Waals surface area contributed by atoms with Crippen LogP contribution in [0.1, 0.15) is 25.3 Å². The molecule has 0 unspecified atom stereocenters. The molecule has 1 aliphatic rings. The lowest BCUT2D eigenvalue weighted by molar-refractivity contribution is -0.152. The summed E-state index contributed by atoms with van der Waals surface area (Å²) in [5.74, 6) is -1.64. The number of nitrogens with one attached hydrogen (secondary N) is 1. The molecule has 1 aliphatic heterocycles. The second kappa shape index (κ2) is 8.28. The highest BCUT2D eigenvalue weighted by atomic mass is 79.9. The predicted molar refractivity (Wildman–Crippen MR) is 93.4 cm³/mol. The number of carbonyl (C=O) groups excluding carboxylic acids is 3. The maximum absolute atomic E-state index is 12.3. The van der Waals surface area contributed by atoms with E-state index in [1.165, 1.54) is 4.90 Å². The molecule has 6 nitrogen and oxygen atoms in total. The molecule has 1 saturated heterocycles. The van der Waals surface area contributed by atoms with Crippen LogP contribution in [0.2, 0.25) is 0 Å². The van der Waals surface area contributed by atoms with E-state index >= 15 is 0 Å². The molecule has 1 N–H and O–H groups in total. The first-order chi connectivity index (χ1) is 11.4. The number of amides is 2. The Morgan fingerprint density at radius 1 is 1.29 bits per heavy atom. The van der Waals surface area contributed by atoms with E-state index in [0.29, 0.717) is 38.2 Å². The molecule has 7 heteroatoms. The van der Waals surface area contributed by atoms with Gasteiger partial charge in [-0.05, 0) is 50.5 Å². The summed E-state index contributed by atoms with van der Waals surface area (Å²) in [6.07, 6.45) is 1.05. The van der Waals surface area contributed by atoms with Gasteiger partial charge in [0.05, 0.1) is 12.5 Å². The quantitative estimate of drug-likeness (QED) is 0.628. The van der Waals surface area contributed by atoms with Crippen molar-refractivity contribution in [2.75, 3.05) is 25.0 Å². The third-order valence-electron chi connectivity index (χ3n) is 4.03. The van der Waals surface area contributed by atoms with E-state index in [4.69, 9.17) is 4.74 Å². The lowest BCUT2D eigenvalue weighted by Gasteiger charge is -2.30. The predicted octanol–water partition coefficient (Wildman–Crippen LogP) is 2.50. The molecule has 2 amide bonds. The highest BCUT2D eigenvalue weighted by molar-refractivity contribution is 9.10. The van der Waals surface area contributed by atoms with Gasteiger partial charge in [0.15, 0.2) is 0 Å². The van der Waals surface area contributed by atoms with Crippen molar-refractivity contribution in [2.45, 2.75) is 26.7 Å². The Morgan fingerprint density at radius 2 is 1.96 bits per heavy atom. The SMILES string of the molecule is CCOC(=O)C1CCN(C(=O)C(=O)Nc2ccc(Br)cc2C)CC1. The number of piperidine rings is 1. The van der Waals surface area contributed by atoms with Gasteiger partial charge in [-0.25, -0.2) is 0 Å². The van der Waals surface area contributed by atoms with Crippen LogP contribution in [-0.4, -0.2) is 42.4 Å². The molecular weight excluding hydrogens is 376 g/mol. The minimum atomic E-state index is -0.657. The summed E-state index contributed by atoms with van der Waals surface area (Å²) in [6, 6.07) is 5.42. The minimum absolute atomic E-state index is 0.189. The fourth-order valence-electron chi connectivity index (χ4n) is 2.67. The van der Waals surface area contributed by atoms with Crippen LogP contribution in [0.15, 0.2) is 22.7 Å². The van der Waals surface area contributed by atoms with E-state index in [1.54, 1.807) is 19.1 Å². The summed E-state index contributed by atoms with van der Waals surface area (Å²) >= 11 is 3.36. The second-order valence-corrected chi connectivity index (χ2v) is 6.65. The monoisotopic (exact) mass is 396 g/mol. The lowest BCUT2D eigenvalue weighted by Crippen LogP contribution is -2.45.